The van der Waals surface area contributed by atoms with Crippen molar-refractivity contribution >= 4 is 5.97 Å². The van der Waals surface area contributed by atoms with Gasteiger partial charge in [-0.05, 0) is 5.56 Å². The number of likely N-dealkylation sites (N-methyl/N-ethyl adjacent to an activating group) is 1. The van der Waals surface area contributed by atoms with Gasteiger partial charge in [0.1, 0.15) is 36.3 Å². The lowest BCUT2D eigenvalue weighted by molar-refractivity contribution is -0.938. The van der Waals surface area contributed by atoms with Crippen LogP contribution in [0.5, 0.6) is 0 Å². The molecule has 5 heteroatoms. The van der Waals surface area contributed by atoms with E-state index in [0.29, 0.717) is 18.4 Å². The van der Waals surface area contributed by atoms with Gasteiger partial charge in [0, 0.05) is 12.8 Å². The van der Waals surface area contributed by atoms with Gasteiger partial charge in [-0.15, -0.1) is 0 Å². The first kappa shape index (κ1) is 12.0. The van der Waals surface area contributed by atoms with E-state index in [-0.39, 0.29) is 41.5 Å². The van der Waals surface area contributed by atoms with Crippen molar-refractivity contribution in [2.75, 3.05) is 20.6 Å². The van der Waals surface area contributed by atoms with Crippen LogP contribution < -0.4 is 0 Å². The number of piperidine rings is 1. The molecule has 2 bridgehead atoms. The Hall–Kier alpha value is -1.43. The third-order valence-corrected chi connectivity index (χ3v) is 5.66. The zero-order chi connectivity index (χ0) is 18.7. The number of rotatable bonds is 4. The molecule has 3 aliphatic heterocycles. The standard InChI is InChI=1S/C18H24NO4/c1-19(2)14-8-12(9-15(19)17-16(14)23-17)22-18(21)13(10-20)11-6-4-3-5-7-11/h3-7,12-17,20H,8-10H2,1-2H3/q+1/t12?,13-,14?,15?,16?,17?/m0/s1/i1D3/t12?,13-,14?,15?,16?,17?,19?. The van der Waals surface area contributed by atoms with Crippen molar-refractivity contribution in [3.63, 3.8) is 0 Å². The molecular formula is C18H24NO4+. The third-order valence-electron chi connectivity index (χ3n) is 5.66. The molecule has 1 N–H and O–H groups in total. The maximum absolute atomic E-state index is 12.6. The lowest BCUT2D eigenvalue weighted by Gasteiger charge is -2.45. The number of epoxide rings is 1. The first-order valence-electron chi connectivity index (χ1n) is 9.65. The molecule has 3 fully saturated rings. The summed E-state index contributed by atoms with van der Waals surface area (Å²) in [5, 5.41) is 9.64. The molecule has 4 unspecified atom stereocenters. The molecule has 3 aliphatic rings. The summed E-state index contributed by atoms with van der Waals surface area (Å²) in [6.45, 7) is -2.43. The Labute approximate surface area is 140 Å². The fourth-order valence-electron chi connectivity index (χ4n) is 4.30. The van der Waals surface area contributed by atoms with Gasteiger partial charge in [0.15, 0.2) is 0 Å². The van der Waals surface area contributed by atoms with Crippen LogP contribution in [0.2, 0.25) is 0 Å². The van der Waals surface area contributed by atoms with Crippen molar-refractivity contribution in [2.45, 2.75) is 49.2 Å². The van der Waals surface area contributed by atoms with Crippen LogP contribution in [-0.4, -0.2) is 66.6 Å². The predicted octanol–water partition coefficient (Wildman–Crippen LogP) is 1.06. The summed E-state index contributed by atoms with van der Waals surface area (Å²) < 4.78 is 35.2. The Morgan fingerprint density at radius 2 is 2.04 bits per heavy atom. The predicted molar refractivity (Wildman–Crippen MR) is 83.7 cm³/mol. The molecule has 3 saturated heterocycles. The molecule has 1 aromatic rings. The number of ether oxygens (including phenoxy) is 2. The van der Waals surface area contributed by atoms with Crippen LogP contribution in [0.25, 0.3) is 0 Å². The minimum atomic E-state index is -2.11. The summed E-state index contributed by atoms with van der Waals surface area (Å²) >= 11 is 0. The Morgan fingerprint density at radius 1 is 1.39 bits per heavy atom. The van der Waals surface area contributed by atoms with Gasteiger partial charge in [-0.3, -0.25) is 4.79 Å². The van der Waals surface area contributed by atoms with Crippen molar-refractivity contribution in [3.8, 4) is 0 Å². The molecule has 124 valence electrons. The quantitative estimate of drug-likeness (QED) is 0.512. The Morgan fingerprint density at radius 3 is 2.61 bits per heavy atom. The summed E-state index contributed by atoms with van der Waals surface area (Å²) in [5.74, 6) is -1.17. The molecule has 3 heterocycles. The van der Waals surface area contributed by atoms with E-state index < -0.39 is 18.9 Å². The Balaban J connectivity index is 1.48. The average Bonchev–Trinajstić information content (AvgIpc) is 3.34. The molecule has 0 spiro atoms. The fraction of sp³-hybridized carbons (Fsp3) is 0.611. The summed E-state index contributed by atoms with van der Waals surface area (Å²) in [6, 6.07) is 8.69. The van der Waals surface area contributed by atoms with Gasteiger partial charge in [0.25, 0.3) is 0 Å². The first-order chi connectivity index (χ1) is 12.3. The average molecular weight is 321 g/mol. The Kier molecular flexibility index (Phi) is 2.76. The number of nitrogens with zero attached hydrogens (tertiary/aromatic N) is 1. The highest BCUT2D eigenvalue weighted by Gasteiger charge is 2.70. The van der Waals surface area contributed by atoms with E-state index in [1.165, 1.54) is 0 Å². The van der Waals surface area contributed by atoms with Crippen LogP contribution in [0, 0.1) is 0 Å². The number of esters is 1. The monoisotopic (exact) mass is 321 g/mol. The van der Waals surface area contributed by atoms with Gasteiger partial charge in [-0.1, -0.05) is 30.3 Å². The number of quaternary nitrogens is 1. The van der Waals surface area contributed by atoms with E-state index in [1.54, 1.807) is 19.2 Å². The zero-order valence-electron chi connectivity index (χ0n) is 16.1. The number of aliphatic hydroxyl groups excluding tert-OH is 1. The van der Waals surface area contributed by atoms with Crippen LogP contribution in [0.3, 0.4) is 0 Å². The van der Waals surface area contributed by atoms with Gasteiger partial charge in [0.05, 0.1) is 24.7 Å². The second-order valence-corrected chi connectivity index (χ2v) is 7.02. The number of carbonyl (C=O) groups excluding carboxylic acids is 1. The van der Waals surface area contributed by atoms with Crippen molar-refractivity contribution in [1.29, 1.82) is 0 Å². The van der Waals surface area contributed by atoms with Crippen molar-refractivity contribution in [3.05, 3.63) is 35.9 Å². The second-order valence-electron chi connectivity index (χ2n) is 7.02. The summed E-state index contributed by atoms with van der Waals surface area (Å²) in [5.41, 5.74) is 0.716. The van der Waals surface area contributed by atoms with Crippen LogP contribution in [0.1, 0.15) is 28.4 Å². The number of morpholine rings is 1. The highest BCUT2D eigenvalue weighted by molar-refractivity contribution is 5.78. The van der Waals surface area contributed by atoms with Crippen LogP contribution in [-0.2, 0) is 14.3 Å². The molecule has 5 nitrogen and oxygen atoms in total. The lowest BCUT2D eigenvalue weighted by atomic mass is 9.95. The van der Waals surface area contributed by atoms with Gasteiger partial charge < -0.3 is 19.1 Å². The molecule has 0 amide bonds. The summed E-state index contributed by atoms with van der Waals surface area (Å²) in [6.07, 6.45) is 0.533. The summed E-state index contributed by atoms with van der Waals surface area (Å²) in [7, 11) is 1.77. The van der Waals surface area contributed by atoms with E-state index in [1.807, 2.05) is 18.2 Å². The van der Waals surface area contributed by atoms with Crippen LogP contribution >= 0.6 is 0 Å². The van der Waals surface area contributed by atoms with E-state index >= 15 is 0 Å². The highest BCUT2D eigenvalue weighted by Crippen LogP contribution is 2.51. The summed E-state index contributed by atoms with van der Waals surface area (Å²) in [4.78, 5) is 12.6. The third kappa shape index (κ3) is 2.38. The molecule has 1 aromatic carbocycles. The Bertz CT molecular complexity index is 677. The maximum atomic E-state index is 12.6. The fourth-order valence-corrected chi connectivity index (χ4v) is 4.30. The number of carbonyl (C=O) groups is 1. The molecule has 5 atom stereocenters. The zero-order valence-corrected chi connectivity index (χ0v) is 13.1. The van der Waals surface area contributed by atoms with Crippen LogP contribution in [0.4, 0.5) is 0 Å². The van der Waals surface area contributed by atoms with Gasteiger partial charge in [-0.2, -0.15) is 0 Å². The number of fused-ring (bicyclic) bond motifs is 5. The first-order valence-corrected chi connectivity index (χ1v) is 8.15. The minimum Gasteiger partial charge on any atom is -0.461 e. The SMILES string of the molecule is [2H]C([2H])([2H])[N+]1(C)C2CC(OC(=O)[C@@H](CO)c3ccccc3)CC1C1OC12. The van der Waals surface area contributed by atoms with Gasteiger partial charge in [-0.25, -0.2) is 0 Å². The topological polar surface area (TPSA) is 59.1 Å². The molecule has 23 heavy (non-hydrogen) atoms. The van der Waals surface area contributed by atoms with Crippen molar-refractivity contribution in [1.82, 2.24) is 0 Å². The molecule has 0 aromatic heterocycles. The number of hydrogen-bond acceptors (Lipinski definition) is 4. The molecule has 0 radical (unpaired) electrons. The van der Waals surface area contributed by atoms with Gasteiger partial charge >= 0.3 is 5.97 Å². The van der Waals surface area contributed by atoms with E-state index in [9.17, 15) is 9.90 Å². The molecular weight excluding hydrogens is 294 g/mol. The number of aliphatic hydroxyl groups is 1. The maximum Gasteiger partial charge on any atom is 0.316 e. The second kappa shape index (κ2) is 5.30. The van der Waals surface area contributed by atoms with Gasteiger partial charge in [0.2, 0.25) is 0 Å². The van der Waals surface area contributed by atoms with Crippen LogP contribution in [0.15, 0.2) is 30.3 Å². The largest absolute Gasteiger partial charge is 0.461 e. The number of benzene rings is 1. The minimum absolute atomic E-state index is 0.00149. The van der Waals surface area contributed by atoms with Crippen molar-refractivity contribution < 1.29 is 28.0 Å². The smallest absolute Gasteiger partial charge is 0.316 e. The van der Waals surface area contributed by atoms with E-state index in [4.69, 9.17) is 13.6 Å². The lowest BCUT2D eigenvalue weighted by Crippen LogP contribution is -2.60. The van der Waals surface area contributed by atoms with E-state index in [2.05, 4.69) is 0 Å². The van der Waals surface area contributed by atoms with Crippen molar-refractivity contribution in [2.24, 2.45) is 0 Å². The highest BCUT2D eigenvalue weighted by atomic mass is 16.6. The molecule has 4 rings (SSSR count). The normalized spacial score (nSPS) is 44.4. The number of hydrogen-bond donors (Lipinski definition) is 1. The molecule has 0 aliphatic carbocycles. The van der Waals surface area contributed by atoms with E-state index in [0.717, 1.165) is 0 Å². The molecule has 0 saturated carbocycles.